The third kappa shape index (κ3) is 3.21. The number of aromatic nitrogens is 2. The van der Waals surface area contributed by atoms with Crippen LogP contribution in [0.4, 0.5) is 8.78 Å². The molecule has 0 unspecified atom stereocenters. The first-order chi connectivity index (χ1) is 6.61. The van der Waals surface area contributed by atoms with E-state index in [-0.39, 0.29) is 12.6 Å². The van der Waals surface area contributed by atoms with Crippen molar-refractivity contribution in [2.75, 3.05) is 6.61 Å². The zero-order valence-electron chi connectivity index (χ0n) is 7.70. The van der Waals surface area contributed by atoms with Crippen molar-refractivity contribution in [2.24, 2.45) is 5.73 Å². The van der Waals surface area contributed by atoms with E-state index in [1.807, 2.05) is 0 Å². The fraction of sp³-hybridized carbons (Fsp3) is 0.500. The molecule has 0 spiro atoms. The van der Waals surface area contributed by atoms with Crippen molar-refractivity contribution in [3.8, 4) is 6.01 Å². The smallest absolute Gasteiger partial charge is 0.317 e. The Morgan fingerprint density at radius 2 is 2.21 bits per heavy atom. The Balaban J connectivity index is 2.71. The summed E-state index contributed by atoms with van der Waals surface area (Å²) in [5.74, 6) is 0. The third-order valence-electron chi connectivity index (χ3n) is 1.43. The minimum Gasteiger partial charge on any atom is -0.457 e. The fourth-order valence-corrected chi connectivity index (χ4v) is 0.911. The standard InChI is InChI=1S/C8H11F2N3O/c1-5-2-6(3-11)13-8(12-5)14-4-7(9)10/h2,7H,3-4,11H2,1H3. The van der Waals surface area contributed by atoms with E-state index in [0.717, 1.165) is 0 Å². The largest absolute Gasteiger partial charge is 0.457 e. The van der Waals surface area contributed by atoms with Gasteiger partial charge < -0.3 is 10.5 Å². The van der Waals surface area contributed by atoms with Crippen molar-refractivity contribution in [1.29, 1.82) is 0 Å². The predicted molar refractivity (Wildman–Crippen MR) is 46.2 cm³/mol. The van der Waals surface area contributed by atoms with E-state index in [2.05, 4.69) is 14.7 Å². The van der Waals surface area contributed by atoms with Gasteiger partial charge in [-0.2, -0.15) is 4.98 Å². The Morgan fingerprint density at radius 3 is 2.79 bits per heavy atom. The molecular weight excluding hydrogens is 192 g/mol. The van der Waals surface area contributed by atoms with E-state index in [4.69, 9.17) is 5.73 Å². The number of nitrogens with zero attached hydrogens (tertiary/aromatic N) is 2. The van der Waals surface area contributed by atoms with Gasteiger partial charge in [0.1, 0.15) is 0 Å². The van der Waals surface area contributed by atoms with Crippen molar-refractivity contribution in [1.82, 2.24) is 9.97 Å². The van der Waals surface area contributed by atoms with Crippen LogP contribution in [0.25, 0.3) is 0 Å². The summed E-state index contributed by atoms with van der Waals surface area (Å²) in [4.78, 5) is 7.66. The monoisotopic (exact) mass is 203 g/mol. The van der Waals surface area contributed by atoms with Gasteiger partial charge in [-0.05, 0) is 13.0 Å². The number of nitrogens with two attached hydrogens (primary N) is 1. The lowest BCUT2D eigenvalue weighted by molar-refractivity contribution is 0.0768. The summed E-state index contributed by atoms with van der Waals surface area (Å²) < 4.78 is 28.3. The van der Waals surface area contributed by atoms with E-state index in [1.54, 1.807) is 13.0 Å². The van der Waals surface area contributed by atoms with E-state index < -0.39 is 13.0 Å². The highest BCUT2D eigenvalue weighted by molar-refractivity contribution is 5.12. The Bertz CT molecular complexity index is 307. The van der Waals surface area contributed by atoms with Gasteiger partial charge in [-0.1, -0.05) is 0 Å². The zero-order valence-corrected chi connectivity index (χ0v) is 7.70. The Hall–Kier alpha value is -1.30. The van der Waals surface area contributed by atoms with Gasteiger partial charge in [0.15, 0.2) is 6.61 Å². The lowest BCUT2D eigenvalue weighted by Gasteiger charge is -2.05. The topological polar surface area (TPSA) is 61.0 Å². The molecule has 0 aliphatic carbocycles. The number of aryl methyl sites for hydroxylation is 1. The van der Waals surface area contributed by atoms with Gasteiger partial charge in [-0.15, -0.1) is 0 Å². The Morgan fingerprint density at radius 1 is 1.50 bits per heavy atom. The molecule has 0 fully saturated rings. The Labute approximate surface area is 80.1 Å². The van der Waals surface area contributed by atoms with Gasteiger partial charge in [0.2, 0.25) is 0 Å². The molecule has 0 bridgehead atoms. The van der Waals surface area contributed by atoms with Crippen molar-refractivity contribution < 1.29 is 13.5 Å². The van der Waals surface area contributed by atoms with Crippen LogP contribution in [0.3, 0.4) is 0 Å². The van der Waals surface area contributed by atoms with Gasteiger partial charge >= 0.3 is 6.01 Å². The zero-order chi connectivity index (χ0) is 10.6. The first kappa shape index (κ1) is 10.8. The summed E-state index contributed by atoms with van der Waals surface area (Å²) in [5.41, 5.74) is 6.56. The second kappa shape index (κ2) is 4.80. The van der Waals surface area contributed by atoms with Gasteiger partial charge in [0.05, 0.1) is 5.69 Å². The maximum Gasteiger partial charge on any atom is 0.317 e. The van der Waals surface area contributed by atoms with Crippen LogP contribution < -0.4 is 10.5 Å². The summed E-state index contributed by atoms with van der Waals surface area (Å²) >= 11 is 0. The summed E-state index contributed by atoms with van der Waals surface area (Å²) in [6.45, 7) is 1.25. The molecule has 0 radical (unpaired) electrons. The summed E-state index contributed by atoms with van der Waals surface area (Å²) in [5, 5.41) is 0. The molecule has 0 atom stereocenters. The molecule has 1 aromatic rings. The van der Waals surface area contributed by atoms with Crippen LogP contribution >= 0.6 is 0 Å². The average Bonchev–Trinajstić information content (AvgIpc) is 2.14. The number of hydrogen-bond donors (Lipinski definition) is 1. The minimum atomic E-state index is -2.53. The van der Waals surface area contributed by atoms with Gasteiger partial charge in [0.25, 0.3) is 6.43 Å². The van der Waals surface area contributed by atoms with Gasteiger partial charge in [-0.3, -0.25) is 0 Å². The van der Waals surface area contributed by atoms with Crippen molar-refractivity contribution in [3.63, 3.8) is 0 Å². The molecule has 6 heteroatoms. The highest BCUT2D eigenvalue weighted by atomic mass is 19.3. The predicted octanol–water partition coefficient (Wildman–Crippen LogP) is 0.888. The first-order valence-electron chi connectivity index (χ1n) is 4.07. The lowest BCUT2D eigenvalue weighted by Crippen LogP contribution is -2.11. The maximum absolute atomic E-state index is 11.8. The van der Waals surface area contributed by atoms with Crippen LogP contribution in [0.2, 0.25) is 0 Å². The minimum absolute atomic E-state index is 0.0502. The van der Waals surface area contributed by atoms with Crippen LogP contribution in [0.15, 0.2) is 6.07 Å². The van der Waals surface area contributed by atoms with Gasteiger partial charge in [-0.25, -0.2) is 13.8 Å². The molecular formula is C8H11F2N3O. The van der Waals surface area contributed by atoms with Crippen molar-refractivity contribution in [3.05, 3.63) is 17.5 Å². The van der Waals surface area contributed by atoms with Crippen LogP contribution in [0, 0.1) is 6.92 Å². The molecule has 1 aromatic heterocycles. The van der Waals surface area contributed by atoms with Crippen LogP contribution in [-0.2, 0) is 6.54 Å². The normalized spacial score (nSPS) is 10.6. The molecule has 0 aliphatic heterocycles. The second-order valence-electron chi connectivity index (χ2n) is 2.69. The third-order valence-corrected chi connectivity index (χ3v) is 1.43. The van der Waals surface area contributed by atoms with Crippen LogP contribution in [0.5, 0.6) is 6.01 Å². The first-order valence-corrected chi connectivity index (χ1v) is 4.07. The summed E-state index contributed by atoms with van der Waals surface area (Å²) in [6, 6.07) is 1.63. The van der Waals surface area contributed by atoms with E-state index >= 15 is 0 Å². The lowest BCUT2D eigenvalue weighted by atomic mass is 10.3. The number of rotatable bonds is 4. The van der Waals surface area contributed by atoms with E-state index in [1.165, 1.54) is 0 Å². The fourth-order valence-electron chi connectivity index (χ4n) is 0.911. The molecule has 2 N–H and O–H groups in total. The quantitative estimate of drug-likeness (QED) is 0.789. The van der Waals surface area contributed by atoms with Crippen molar-refractivity contribution >= 4 is 0 Å². The van der Waals surface area contributed by atoms with Crippen molar-refractivity contribution in [2.45, 2.75) is 19.9 Å². The summed E-state index contributed by atoms with van der Waals surface area (Å²) in [7, 11) is 0. The number of halogens is 2. The molecule has 0 aliphatic rings. The van der Waals surface area contributed by atoms with Gasteiger partial charge in [0, 0.05) is 12.2 Å². The van der Waals surface area contributed by atoms with Crippen LogP contribution in [-0.4, -0.2) is 23.0 Å². The van der Waals surface area contributed by atoms with E-state index in [0.29, 0.717) is 11.4 Å². The second-order valence-corrected chi connectivity index (χ2v) is 2.69. The number of ether oxygens (including phenoxy) is 1. The molecule has 78 valence electrons. The number of alkyl halides is 2. The molecule has 4 nitrogen and oxygen atoms in total. The van der Waals surface area contributed by atoms with Crippen LogP contribution in [0.1, 0.15) is 11.4 Å². The molecule has 1 heterocycles. The highest BCUT2D eigenvalue weighted by Crippen LogP contribution is 2.07. The highest BCUT2D eigenvalue weighted by Gasteiger charge is 2.06. The molecule has 1 rings (SSSR count). The SMILES string of the molecule is Cc1cc(CN)nc(OCC(F)F)n1. The maximum atomic E-state index is 11.8. The molecule has 0 saturated carbocycles. The average molecular weight is 203 g/mol. The molecule has 0 saturated heterocycles. The Kier molecular flexibility index (Phi) is 3.70. The molecule has 14 heavy (non-hydrogen) atoms. The summed E-state index contributed by atoms with van der Waals surface area (Å²) in [6.07, 6.45) is -2.53. The van der Waals surface area contributed by atoms with E-state index in [9.17, 15) is 8.78 Å². The molecule has 0 amide bonds. The number of hydrogen-bond acceptors (Lipinski definition) is 4. The molecule has 0 aromatic carbocycles.